The highest BCUT2D eigenvalue weighted by molar-refractivity contribution is 5.48. The monoisotopic (exact) mass is 251 g/mol. The minimum absolute atomic E-state index is 0.236. The lowest BCUT2D eigenvalue weighted by molar-refractivity contribution is 0.222. The fourth-order valence-electron chi connectivity index (χ4n) is 2.48. The quantitative estimate of drug-likeness (QED) is 0.834. The average molecular weight is 251 g/mol. The summed E-state index contributed by atoms with van der Waals surface area (Å²) in [4.78, 5) is 8.39. The second-order valence-corrected chi connectivity index (χ2v) is 4.71. The fraction of sp³-hybridized carbons (Fsp3) is 0.692. The molecule has 0 aliphatic heterocycles. The highest BCUT2D eigenvalue weighted by Gasteiger charge is 2.27. The second-order valence-electron chi connectivity index (χ2n) is 4.71. The molecule has 5 nitrogen and oxygen atoms in total. The Hall–Kier alpha value is -1.36. The number of aliphatic hydroxyl groups excluding tert-OH is 1. The van der Waals surface area contributed by atoms with Crippen molar-refractivity contribution >= 4 is 5.82 Å². The van der Waals surface area contributed by atoms with E-state index in [0.717, 1.165) is 30.6 Å². The first-order valence-electron chi connectivity index (χ1n) is 6.58. The first-order valence-corrected chi connectivity index (χ1v) is 6.58. The molecule has 2 rings (SSSR count). The molecule has 5 heteroatoms. The molecule has 100 valence electrons. The largest absolute Gasteiger partial charge is 0.478 e. The molecule has 1 aliphatic rings. The van der Waals surface area contributed by atoms with Crippen LogP contribution >= 0.6 is 0 Å². The normalized spacial score (nSPS) is 23.1. The van der Waals surface area contributed by atoms with E-state index in [2.05, 4.69) is 15.3 Å². The molecule has 1 aliphatic carbocycles. The topological polar surface area (TPSA) is 67.3 Å². The van der Waals surface area contributed by atoms with Crippen LogP contribution in [0.15, 0.2) is 6.33 Å². The van der Waals surface area contributed by atoms with Crippen molar-refractivity contribution in [2.75, 3.05) is 18.5 Å². The number of hydrogen-bond acceptors (Lipinski definition) is 5. The van der Waals surface area contributed by atoms with Gasteiger partial charge in [0.25, 0.3) is 0 Å². The molecule has 0 radical (unpaired) electrons. The van der Waals surface area contributed by atoms with Crippen molar-refractivity contribution in [3.05, 3.63) is 11.9 Å². The molecule has 2 N–H and O–H groups in total. The Morgan fingerprint density at radius 1 is 1.44 bits per heavy atom. The zero-order valence-electron chi connectivity index (χ0n) is 11.0. The molecule has 0 spiro atoms. The van der Waals surface area contributed by atoms with Gasteiger partial charge in [-0.1, -0.05) is 6.42 Å². The molecular formula is C13H21N3O2. The predicted octanol–water partition coefficient (Wildman–Crippen LogP) is 1.76. The Bertz CT molecular complexity index is 398. The molecule has 2 unspecified atom stereocenters. The maximum absolute atomic E-state index is 9.33. The minimum atomic E-state index is 0.236. The summed E-state index contributed by atoms with van der Waals surface area (Å²) in [5, 5.41) is 12.7. The van der Waals surface area contributed by atoms with Gasteiger partial charge in [-0.15, -0.1) is 0 Å². The van der Waals surface area contributed by atoms with Gasteiger partial charge in [-0.2, -0.15) is 0 Å². The number of anilines is 1. The van der Waals surface area contributed by atoms with Crippen LogP contribution in [0.2, 0.25) is 0 Å². The van der Waals surface area contributed by atoms with E-state index < -0.39 is 0 Å². The van der Waals surface area contributed by atoms with E-state index in [-0.39, 0.29) is 6.61 Å². The van der Waals surface area contributed by atoms with Crippen molar-refractivity contribution in [2.24, 2.45) is 5.92 Å². The highest BCUT2D eigenvalue weighted by atomic mass is 16.5. The van der Waals surface area contributed by atoms with E-state index >= 15 is 0 Å². The van der Waals surface area contributed by atoms with E-state index in [1.165, 1.54) is 6.33 Å². The van der Waals surface area contributed by atoms with Crippen LogP contribution in [0.1, 0.15) is 31.7 Å². The molecule has 1 aromatic heterocycles. The summed E-state index contributed by atoms with van der Waals surface area (Å²) in [5.41, 5.74) is 0.933. The van der Waals surface area contributed by atoms with Crippen LogP contribution in [-0.4, -0.2) is 34.3 Å². The zero-order valence-corrected chi connectivity index (χ0v) is 11.0. The molecule has 18 heavy (non-hydrogen) atoms. The fourth-order valence-corrected chi connectivity index (χ4v) is 2.48. The Labute approximate surface area is 108 Å². The Morgan fingerprint density at radius 2 is 2.28 bits per heavy atom. The number of nitrogens with one attached hydrogen (secondary N) is 1. The summed E-state index contributed by atoms with van der Waals surface area (Å²) in [6, 6.07) is 0.304. The van der Waals surface area contributed by atoms with Gasteiger partial charge in [0.2, 0.25) is 5.88 Å². The van der Waals surface area contributed by atoms with Crippen molar-refractivity contribution in [2.45, 2.75) is 39.2 Å². The smallest absolute Gasteiger partial charge is 0.221 e. The van der Waals surface area contributed by atoms with Crippen molar-refractivity contribution < 1.29 is 9.84 Å². The number of aliphatic hydroxyl groups is 1. The van der Waals surface area contributed by atoms with Crippen molar-refractivity contribution in [3.8, 4) is 5.88 Å². The van der Waals surface area contributed by atoms with E-state index in [1.807, 2.05) is 13.8 Å². The van der Waals surface area contributed by atoms with Gasteiger partial charge in [0.15, 0.2) is 0 Å². The molecule has 0 aromatic carbocycles. The second kappa shape index (κ2) is 6.00. The molecule has 0 bridgehead atoms. The van der Waals surface area contributed by atoms with Crippen molar-refractivity contribution in [1.82, 2.24) is 9.97 Å². The SMILES string of the molecule is CCOc1ncnc(NC2CCCC2CO)c1C. The number of ether oxygens (including phenoxy) is 1. The van der Waals surface area contributed by atoms with Gasteiger partial charge in [0.1, 0.15) is 12.1 Å². The van der Waals surface area contributed by atoms with Gasteiger partial charge in [0, 0.05) is 18.6 Å². The third-order valence-corrected chi connectivity index (χ3v) is 3.53. The summed E-state index contributed by atoms with van der Waals surface area (Å²) in [6.45, 7) is 4.73. The summed E-state index contributed by atoms with van der Waals surface area (Å²) in [5.74, 6) is 1.78. The maximum Gasteiger partial charge on any atom is 0.221 e. The predicted molar refractivity (Wildman–Crippen MR) is 69.8 cm³/mol. The van der Waals surface area contributed by atoms with Crippen LogP contribution < -0.4 is 10.1 Å². The molecule has 1 heterocycles. The third kappa shape index (κ3) is 2.72. The van der Waals surface area contributed by atoms with Crippen LogP contribution in [0.3, 0.4) is 0 Å². The molecule has 1 saturated carbocycles. The average Bonchev–Trinajstić information content (AvgIpc) is 2.82. The Balaban J connectivity index is 2.11. The van der Waals surface area contributed by atoms with Gasteiger partial charge in [-0.3, -0.25) is 0 Å². The van der Waals surface area contributed by atoms with E-state index in [9.17, 15) is 5.11 Å². The zero-order chi connectivity index (χ0) is 13.0. The van der Waals surface area contributed by atoms with Crippen molar-refractivity contribution in [1.29, 1.82) is 0 Å². The van der Waals surface area contributed by atoms with E-state index in [0.29, 0.717) is 24.4 Å². The molecule has 0 amide bonds. The number of hydrogen-bond donors (Lipinski definition) is 2. The van der Waals surface area contributed by atoms with Crippen LogP contribution in [0.4, 0.5) is 5.82 Å². The van der Waals surface area contributed by atoms with Crippen LogP contribution in [0.25, 0.3) is 0 Å². The van der Waals surface area contributed by atoms with Crippen LogP contribution in [-0.2, 0) is 0 Å². The van der Waals surface area contributed by atoms with Crippen LogP contribution in [0.5, 0.6) is 5.88 Å². The van der Waals surface area contributed by atoms with Crippen LogP contribution in [0, 0.1) is 12.8 Å². The summed E-state index contributed by atoms with van der Waals surface area (Å²) in [7, 11) is 0. The summed E-state index contributed by atoms with van der Waals surface area (Å²) in [6.07, 6.45) is 4.84. The lowest BCUT2D eigenvalue weighted by atomic mass is 10.1. The van der Waals surface area contributed by atoms with Gasteiger partial charge >= 0.3 is 0 Å². The Morgan fingerprint density at radius 3 is 3.00 bits per heavy atom. The first kappa shape index (κ1) is 13.1. The van der Waals surface area contributed by atoms with E-state index in [1.54, 1.807) is 0 Å². The summed E-state index contributed by atoms with van der Waals surface area (Å²) < 4.78 is 5.45. The molecule has 2 atom stereocenters. The number of aromatic nitrogens is 2. The number of rotatable bonds is 5. The minimum Gasteiger partial charge on any atom is -0.478 e. The number of nitrogens with zero attached hydrogens (tertiary/aromatic N) is 2. The lowest BCUT2D eigenvalue weighted by Gasteiger charge is -2.21. The highest BCUT2D eigenvalue weighted by Crippen LogP contribution is 2.29. The maximum atomic E-state index is 9.33. The molecular weight excluding hydrogens is 230 g/mol. The standard InChI is InChI=1S/C13H21N3O2/c1-3-18-13-9(2)12(14-8-15-13)16-11-6-4-5-10(11)7-17/h8,10-11,17H,3-7H2,1-2H3,(H,14,15,16). The van der Waals surface area contributed by atoms with Gasteiger partial charge in [-0.05, 0) is 26.7 Å². The first-order chi connectivity index (χ1) is 8.76. The third-order valence-electron chi connectivity index (χ3n) is 3.53. The molecule has 0 saturated heterocycles. The van der Waals surface area contributed by atoms with E-state index in [4.69, 9.17) is 4.74 Å². The van der Waals surface area contributed by atoms with Gasteiger partial charge < -0.3 is 15.2 Å². The molecule has 1 fully saturated rings. The molecule has 1 aromatic rings. The lowest BCUT2D eigenvalue weighted by Crippen LogP contribution is -2.27. The van der Waals surface area contributed by atoms with Gasteiger partial charge in [-0.25, -0.2) is 9.97 Å². The van der Waals surface area contributed by atoms with Crippen molar-refractivity contribution in [3.63, 3.8) is 0 Å². The summed E-state index contributed by atoms with van der Waals surface area (Å²) >= 11 is 0. The Kier molecular flexibility index (Phi) is 4.36. The van der Waals surface area contributed by atoms with Gasteiger partial charge in [0.05, 0.1) is 12.2 Å².